The maximum Gasteiger partial charge on any atom is 0.248 e. The first-order valence-electron chi connectivity index (χ1n) is 12.3. The molecular weight excluding hydrogens is 524 g/mol. The first-order valence-corrected chi connectivity index (χ1v) is 12.6. The third-order valence-electron chi connectivity index (χ3n) is 5.58. The van der Waals surface area contributed by atoms with E-state index in [0.717, 1.165) is 0 Å². The SMILES string of the molecule is COc1ccc(N(C(=O)CCC(=O)Nc2cc(C)on2)[C@@H](C(=O)NC(C)(C)C)c2ccccc2Cl)c(OC)c1. The van der Waals surface area contributed by atoms with Crippen LogP contribution in [-0.4, -0.2) is 42.6 Å². The molecule has 0 aliphatic carbocycles. The molecule has 3 aromatic rings. The van der Waals surface area contributed by atoms with E-state index < -0.39 is 29.3 Å². The van der Waals surface area contributed by atoms with Crippen LogP contribution in [0.3, 0.4) is 0 Å². The van der Waals surface area contributed by atoms with Crippen LogP contribution in [0.15, 0.2) is 53.1 Å². The van der Waals surface area contributed by atoms with Gasteiger partial charge in [-0.15, -0.1) is 0 Å². The number of hydrogen-bond donors (Lipinski definition) is 2. The van der Waals surface area contributed by atoms with Crippen LogP contribution < -0.4 is 25.0 Å². The zero-order chi connectivity index (χ0) is 28.7. The summed E-state index contributed by atoms with van der Waals surface area (Å²) in [6, 6.07) is 12.1. The summed E-state index contributed by atoms with van der Waals surface area (Å²) >= 11 is 6.56. The van der Waals surface area contributed by atoms with Crippen LogP contribution in [0.1, 0.15) is 51.0 Å². The molecule has 0 fully saturated rings. The second-order valence-electron chi connectivity index (χ2n) is 9.84. The van der Waals surface area contributed by atoms with Crippen LogP contribution in [0.4, 0.5) is 11.5 Å². The number of amides is 3. The van der Waals surface area contributed by atoms with Gasteiger partial charge in [-0.3, -0.25) is 19.3 Å². The minimum Gasteiger partial charge on any atom is -0.497 e. The molecule has 2 aromatic carbocycles. The number of hydrogen-bond acceptors (Lipinski definition) is 7. The summed E-state index contributed by atoms with van der Waals surface area (Å²) in [5, 5.41) is 9.60. The van der Waals surface area contributed by atoms with E-state index in [4.69, 9.17) is 25.6 Å². The van der Waals surface area contributed by atoms with E-state index in [2.05, 4.69) is 15.8 Å². The Kier molecular flexibility index (Phi) is 9.58. The fourth-order valence-electron chi connectivity index (χ4n) is 3.91. The molecule has 1 atom stereocenters. The molecule has 3 amide bonds. The average molecular weight is 557 g/mol. The van der Waals surface area contributed by atoms with Crippen molar-refractivity contribution in [2.45, 2.75) is 52.1 Å². The summed E-state index contributed by atoms with van der Waals surface area (Å²) < 4.78 is 15.9. The highest BCUT2D eigenvalue weighted by atomic mass is 35.5. The Bertz CT molecular complexity index is 1330. The van der Waals surface area contributed by atoms with Crippen molar-refractivity contribution in [2.75, 3.05) is 24.4 Å². The fraction of sp³-hybridized carbons (Fsp3) is 0.357. The van der Waals surface area contributed by atoms with Crippen molar-refractivity contribution in [1.29, 1.82) is 0 Å². The molecule has 0 saturated heterocycles. The number of methoxy groups -OCH3 is 2. The van der Waals surface area contributed by atoms with Gasteiger partial charge in [0, 0.05) is 41.1 Å². The summed E-state index contributed by atoms with van der Waals surface area (Å²) in [7, 11) is 2.96. The Morgan fingerprint density at radius 2 is 1.77 bits per heavy atom. The van der Waals surface area contributed by atoms with E-state index in [1.54, 1.807) is 55.5 Å². The molecule has 0 aliphatic rings. The Labute approximate surface area is 232 Å². The number of ether oxygens (including phenoxy) is 2. The molecule has 1 heterocycles. The summed E-state index contributed by atoms with van der Waals surface area (Å²) in [4.78, 5) is 41.6. The Balaban J connectivity index is 2.06. The number of carbonyl (C=O) groups excluding carboxylic acids is 3. The number of rotatable bonds is 10. The lowest BCUT2D eigenvalue weighted by atomic mass is 10.00. The van der Waals surface area contributed by atoms with Gasteiger partial charge in [-0.1, -0.05) is 35.0 Å². The average Bonchev–Trinajstić information content (AvgIpc) is 3.29. The molecule has 39 heavy (non-hydrogen) atoms. The topological polar surface area (TPSA) is 123 Å². The third kappa shape index (κ3) is 7.73. The van der Waals surface area contributed by atoms with Crippen molar-refractivity contribution in [3.8, 4) is 11.5 Å². The smallest absolute Gasteiger partial charge is 0.248 e. The summed E-state index contributed by atoms with van der Waals surface area (Å²) in [5.41, 5.74) is 0.115. The monoisotopic (exact) mass is 556 g/mol. The van der Waals surface area contributed by atoms with Gasteiger partial charge in [0.1, 0.15) is 23.3 Å². The van der Waals surface area contributed by atoms with E-state index in [1.807, 2.05) is 20.8 Å². The largest absolute Gasteiger partial charge is 0.497 e. The van der Waals surface area contributed by atoms with Gasteiger partial charge in [-0.2, -0.15) is 0 Å². The minimum atomic E-state index is -1.17. The van der Waals surface area contributed by atoms with Crippen molar-refractivity contribution in [3.63, 3.8) is 0 Å². The predicted molar refractivity (Wildman–Crippen MR) is 148 cm³/mol. The normalized spacial score (nSPS) is 11.9. The number of nitrogens with one attached hydrogen (secondary N) is 2. The molecule has 208 valence electrons. The molecule has 0 saturated carbocycles. The number of carbonyl (C=O) groups is 3. The maximum absolute atomic E-state index is 13.9. The molecule has 0 aliphatic heterocycles. The number of aromatic nitrogens is 1. The highest BCUT2D eigenvalue weighted by Gasteiger charge is 2.37. The lowest BCUT2D eigenvalue weighted by Gasteiger charge is -2.35. The van der Waals surface area contributed by atoms with E-state index in [1.165, 1.54) is 19.1 Å². The van der Waals surface area contributed by atoms with Gasteiger partial charge >= 0.3 is 0 Å². The Hall–Kier alpha value is -4.05. The van der Waals surface area contributed by atoms with Gasteiger partial charge in [-0.25, -0.2) is 0 Å². The van der Waals surface area contributed by atoms with E-state index >= 15 is 0 Å². The maximum atomic E-state index is 13.9. The standard InChI is InChI=1S/C28H33ClN4O6/c1-17-15-23(32-39-17)30-24(34)13-14-25(35)33(21-12-11-18(37-5)16-22(21)38-6)26(27(36)31-28(2,3)4)19-9-7-8-10-20(19)29/h7-12,15-16,26H,13-14H2,1-6H3,(H,31,36)(H,30,32,34)/t26-/m1/s1. The molecule has 10 nitrogen and oxygen atoms in total. The summed E-state index contributed by atoms with van der Waals surface area (Å²) in [6.45, 7) is 7.21. The third-order valence-corrected chi connectivity index (χ3v) is 5.93. The van der Waals surface area contributed by atoms with Crippen LogP contribution in [0.25, 0.3) is 0 Å². The minimum absolute atomic E-state index is 0.171. The number of aryl methyl sites for hydroxylation is 1. The van der Waals surface area contributed by atoms with Crippen LogP contribution >= 0.6 is 11.6 Å². The predicted octanol–water partition coefficient (Wildman–Crippen LogP) is 5.06. The van der Waals surface area contributed by atoms with Crippen molar-refractivity contribution in [1.82, 2.24) is 10.5 Å². The van der Waals surface area contributed by atoms with Crippen LogP contribution in [0.5, 0.6) is 11.5 Å². The van der Waals surface area contributed by atoms with Crippen LogP contribution in [-0.2, 0) is 14.4 Å². The van der Waals surface area contributed by atoms with Crippen molar-refractivity contribution in [2.24, 2.45) is 0 Å². The molecule has 2 N–H and O–H groups in total. The van der Waals surface area contributed by atoms with Crippen molar-refractivity contribution in [3.05, 3.63) is 64.9 Å². The van der Waals surface area contributed by atoms with Gasteiger partial charge in [0.25, 0.3) is 0 Å². The second kappa shape index (κ2) is 12.7. The van der Waals surface area contributed by atoms with Crippen molar-refractivity contribution < 1.29 is 28.4 Å². The summed E-state index contributed by atoms with van der Waals surface area (Å²) in [5.74, 6) is 0.184. The highest BCUT2D eigenvalue weighted by molar-refractivity contribution is 6.31. The number of benzene rings is 2. The van der Waals surface area contributed by atoms with E-state index in [0.29, 0.717) is 33.5 Å². The lowest BCUT2D eigenvalue weighted by Crippen LogP contribution is -2.49. The van der Waals surface area contributed by atoms with Gasteiger partial charge in [-0.05, 0) is 45.9 Å². The molecule has 0 unspecified atom stereocenters. The van der Waals surface area contributed by atoms with Crippen LogP contribution in [0, 0.1) is 6.92 Å². The highest BCUT2D eigenvalue weighted by Crippen LogP contribution is 2.39. The van der Waals surface area contributed by atoms with Gasteiger partial charge in [0.2, 0.25) is 17.7 Å². The molecule has 3 rings (SSSR count). The Morgan fingerprint density at radius 3 is 2.36 bits per heavy atom. The van der Waals surface area contributed by atoms with Gasteiger partial charge < -0.3 is 24.6 Å². The van der Waals surface area contributed by atoms with Gasteiger partial charge in [0.15, 0.2) is 5.82 Å². The number of nitrogens with zero attached hydrogens (tertiary/aromatic N) is 2. The second-order valence-corrected chi connectivity index (χ2v) is 10.2. The summed E-state index contributed by atoms with van der Waals surface area (Å²) in [6.07, 6.45) is -0.391. The zero-order valence-corrected chi connectivity index (χ0v) is 23.6. The molecule has 0 spiro atoms. The molecule has 0 radical (unpaired) electrons. The lowest BCUT2D eigenvalue weighted by molar-refractivity contribution is -0.128. The van der Waals surface area contributed by atoms with E-state index in [-0.39, 0.29) is 18.7 Å². The van der Waals surface area contributed by atoms with E-state index in [9.17, 15) is 14.4 Å². The molecular formula is C28H33ClN4O6. The number of anilines is 2. The first-order chi connectivity index (χ1) is 18.4. The molecule has 0 bridgehead atoms. The van der Waals surface area contributed by atoms with Crippen LogP contribution in [0.2, 0.25) is 5.02 Å². The quantitative estimate of drug-likeness (QED) is 0.358. The molecule has 1 aromatic heterocycles. The first kappa shape index (κ1) is 29.5. The molecule has 11 heteroatoms. The fourth-order valence-corrected chi connectivity index (χ4v) is 4.14. The zero-order valence-electron chi connectivity index (χ0n) is 22.8. The van der Waals surface area contributed by atoms with Gasteiger partial charge in [0.05, 0.1) is 19.9 Å². The number of halogens is 1. The Morgan fingerprint density at radius 1 is 1.05 bits per heavy atom. The van der Waals surface area contributed by atoms with Crippen molar-refractivity contribution >= 4 is 40.8 Å².